The van der Waals surface area contributed by atoms with Crippen molar-refractivity contribution in [2.24, 2.45) is 0 Å². The van der Waals surface area contributed by atoms with E-state index in [1.165, 1.54) is 28.2 Å². The van der Waals surface area contributed by atoms with Gasteiger partial charge in [-0.15, -0.1) is 0 Å². The maximum atomic E-state index is 12.7. The van der Waals surface area contributed by atoms with Crippen molar-refractivity contribution in [3.05, 3.63) is 94.7 Å². The molecule has 0 unspecified atom stereocenters. The van der Waals surface area contributed by atoms with E-state index in [-0.39, 0.29) is 12.5 Å². The number of amides is 1. The minimum Gasteiger partial charge on any atom is -0.481 e. The van der Waals surface area contributed by atoms with Crippen molar-refractivity contribution in [1.29, 1.82) is 0 Å². The second kappa shape index (κ2) is 10.6. The smallest absolute Gasteiger partial charge is 0.412 e. The molecule has 1 amide bonds. The summed E-state index contributed by atoms with van der Waals surface area (Å²) in [5.74, 6) is -0.818. The zero-order valence-corrected chi connectivity index (χ0v) is 21.6. The molecule has 1 atom stereocenters. The van der Waals surface area contributed by atoms with Gasteiger partial charge >= 0.3 is 12.1 Å². The largest absolute Gasteiger partial charge is 0.481 e. The lowest BCUT2D eigenvalue weighted by Crippen LogP contribution is -2.16. The van der Waals surface area contributed by atoms with Gasteiger partial charge in [-0.1, -0.05) is 60.7 Å². The SMILES string of the molecule is Cc1nsc(-c2ccc3c(c2)CCCc2cc(CC(=O)O)ccc2-3)c1NC(=O)O[C@H](C)c1ccccc1. The van der Waals surface area contributed by atoms with Crippen LogP contribution < -0.4 is 5.32 Å². The van der Waals surface area contributed by atoms with Gasteiger partial charge in [-0.2, -0.15) is 4.37 Å². The first kappa shape index (κ1) is 24.7. The lowest BCUT2D eigenvalue weighted by Gasteiger charge is -2.15. The van der Waals surface area contributed by atoms with Gasteiger partial charge < -0.3 is 9.84 Å². The number of nitrogens with zero attached hydrogens (tertiary/aromatic N) is 1. The van der Waals surface area contributed by atoms with Crippen LogP contribution in [0, 0.1) is 6.92 Å². The Bertz CT molecular complexity index is 1460. The Morgan fingerprint density at radius 1 is 1.03 bits per heavy atom. The van der Waals surface area contributed by atoms with E-state index in [1.807, 2.05) is 62.4 Å². The number of ether oxygens (including phenoxy) is 1. The third kappa shape index (κ3) is 5.42. The Labute approximate surface area is 220 Å². The Balaban J connectivity index is 1.40. The van der Waals surface area contributed by atoms with Crippen molar-refractivity contribution in [3.63, 3.8) is 0 Å². The highest BCUT2D eigenvalue weighted by Crippen LogP contribution is 2.40. The van der Waals surface area contributed by atoms with Gasteiger partial charge in [0.2, 0.25) is 0 Å². The topological polar surface area (TPSA) is 88.5 Å². The molecule has 0 saturated heterocycles. The van der Waals surface area contributed by atoms with Crippen LogP contribution in [0.4, 0.5) is 10.5 Å². The Morgan fingerprint density at radius 2 is 1.73 bits per heavy atom. The summed E-state index contributed by atoms with van der Waals surface area (Å²) in [6, 6.07) is 22.0. The van der Waals surface area contributed by atoms with Gasteiger partial charge in [-0.05, 0) is 89.7 Å². The summed E-state index contributed by atoms with van der Waals surface area (Å²) in [4.78, 5) is 24.8. The Morgan fingerprint density at radius 3 is 2.46 bits per heavy atom. The van der Waals surface area contributed by atoms with E-state index < -0.39 is 12.1 Å². The molecule has 7 heteroatoms. The quantitative estimate of drug-likeness (QED) is 0.285. The summed E-state index contributed by atoms with van der Waals surface area (Å²) in [5, 5.41) is 12.1. The first-order valence-electron chi connectivity index (χ1n) is 12.3. The average molecular weight is 513 g/mol. The van der Waals surface area contributed by atoms with Gasteiger partial charge in [-0.25, -0.2) is 4.79 Å². The zero-order valence-electron chi connectivity index (χ0n) is 20.8. The molecule has 4 aromatic rings. The zero-order chi connectivity index (χ0) is 25.9. The predicted octanol–water partition coefficient (Wildman–Crippen LogP) is 7.21. The molecule has 1 heterocycles. The summed E-state index contributed by atoms with van der Waals surface area (Å²) in [6.07, 6.45) is 1.96. The first-order chi connectivity index (χ1) is 17.9. The highest BCUT2D eigenvalue weighted by Gasteiger charge is 2.21. The molecular weight excluding hydrogens is 484 g/mol. The van der Waals surface area contributed by atoms with E-state index >= 15 is 0 Å². The summed E-state index contributed by atoms with van der Waals surface area (Å²) < 4.78 is 10.1. The molecule has 6 nitrogen and oxygen atoms in total. The molecule has 0 saturated carbocycles. The van der Waals surface area contributed by atoms with Crippen LogP contribution in [-0.2, 0) is 28.8 Å². The normalized spacial score (nSPS) is 13.1. The van der Waals surface area contributed by atoms with Crippen molar-refractivity contribution >= 4 is 29.3 Å². The lowest BCUT2D eigenvalue weighted by molar-refractivity contribution is -0.136. The summed E-state index contributed by atoms with van der Waals surface area (Å²) in [6.45, 7) is 3.73. The van der Waals surface area contributed by atoms with E-state index in [0.29, 0.717) is 5.69 Å². The third-order valence-electron chi connectivity index (χ3n) is 6.72. The van der Waals surface area contributed by atoms with E-state index in [1.54, 1.807) is 0 Å². The predicted molar refractivity (Wildman–Crippen MR) is 146 cm³/mol. The van der Waals surface area contributed by atoms with E-state index in [9.17, 15) is 9.59 Å². The van der Waals surface area contributed by atoms with E-state index in [4.69, 9.17) is 9.84 Å². The molecule has 1 aliphatic carbocycles. The number of aryl methyl sites for hydroxylation is 3. The second-order valence-corrected chi connectivity index (χ2v) is 10.1. The molecule has 1 aliphatic rings. The summed E-state index contributed by atoms with van der Waals surface area (Å²) >= 11 is 1.36. The van der Waals surface area contributed by atoms with Crippen molar-refractivity contribution < 1.29 is 19.4 Å². The molecule has 0 radical (unpaired) electrons. The standard InChI is InChI=1S/C30H28N2O4S/c1-18-28(31-30(35)36-19(2)21-7-4-3-5-8-21)29(37-32-18)24-12-14-26-23(17-24)10-6-9-22-15-20(16-27(33)34)11-13-25(22)26/h3-5,7-8,11-15,17,19H,6,9-10,16H2,1-2H3,(H,31,35)(H,33,34)/t19-/m1/s1. The molecule has 3 aromatic carbocycles. The van der Waals surface area contributed by atoms with Crippen LogP contribution in [0.1, 0.15) is 47.4 Å². The Kier molecular flexibility index (Phi) is 7.06. The molecule has 188 valence electrons. The number of anilines is 1. The molecule has 5 rings (SSSR count). The van der Waals surface area contributed by atoms with Gasteiger partial charge in [0, 0.05) is 0 Å². The number of carboxylic acid groups (broad SMARTS) is 1. The lowest BCUT2D eigenvalue weighted by atomic mass is 9.93. The maximum Gasteiger partial charge on any atom is 0.412 e. The number of rotatable bonds is 6. The van der Waals surface area contributed by atoms with Crippen LogP contribution in [0.2, 0.25) is 0 Å². The van der Waals surface area contributed by atoms with Gasteiger partial charge in [0.25, 0.3) is 0 Å². The fourth-order valence-corrected chi connectivity index (χ4v) is 5.72. The van der Waals surface area contributed by atoms with Crippen LogP contribution >= 0.6 is 11.5 Å². The van der Waals surface area contributed by atoms with Crippen LogP contribution in [0.25, 0.3) is 21.6 Å². The van der Waals surface area contributed by atoms with Gasteiger partial charge in [-0.3, -0.25) is 10.1 Å². The molecule has 0 aliphatic heterocycles. The minimum atomic E-state index is -0.818. The molecular formula is C30H28N2O4S. The average Bonchev–Trinajstić information content (AvgIpc) is 3.13. The van der Waals surface area contributed by atoms with Crippen molar-refractivity contribution in [3.8, 4) is 21.6 Å². The van der Waals surface area contributed by atoms with E-state index in [2.05, 4.69) is 27.9 Å². The summed E-state index contributed by atoms with van der Waals surface area (Å²) in [7, 11) is 0. The number of carbonyl (C=O) groups is 2. The number of benzene rings is 3. The monoisotopic (exact) mass is 512 g/mol. The minimum absolute atomic E-state index is 0.0339. The van der Waals surface area contributed by atoms with Gasteiger partial charge in [0.15, 0.2) is 0 Å². The number of nitrogens with one attached hydrogen (secondary N) is 1. The molecule has 1 aromatic heterocycles. The fraction of sp³-hybridized carbons (Fsp3) is 0.233. The number of aromatic nitrogens is 1. The molecule has 37 heavy (non-hydrogen) atoms. The molecule has 2 N–H and O–H groups in total. The first-order valence-corrected chi connectivity index (χ1v) is 13.1. The van der Waals surface area contributed by atoms with Crippen molar-refractivity contribution in [2.45, 2.75) is 45.6 Å². The maximum absolute atomic E-state index is 12.7. The van der Waals surface area contributed by atoms with Crippen LogP contribution in [0.5, 0.6) is 0 Å². The van der Waals surface area contributed by atoms with Crippen LogP contribution in [-0.4, -0.2) is 21.5 Å². The number of carbonyl (C=O) groups excluding carboxylic acids is 1. The molecule has 0 spiro atoms. The highest BCUT2D eigenvalue weighted by molar-refractivity contribution is 7.10. The van der Waals surface area contributed by atoms with Crippen LogP contribution in [0.15, 0.2) is 66.7 Å². The number of hydrogen-bond acceptors (Lipinski definition) is 5. The van der Waals surface area contributed by atoms with Crippen molar-refractivity contribution in [2.75, 3.05) is 5.32 Å². The van der Waals surface area contributed by atoms with Crippen LogP contribution in [0.3, 0.4) is 0 Å². The van der Waals surface area contributed by atoms with Gasteiger partial charge in [0.05, 0.1) is 22.7 Å². The van der Waals surface area contributed by atoms with Gasteiger partial charge in [0.1, 0.15) is 6.10 Å². The molecule has 0 bridgehead atoms. The van der Waals surface area contributed by atoms with E-state index in [0.717, 1.165) is 52.1 Å². The van der Waals surface area contributed by atoms with Crippen molar-refractivity contribution in [1.82, 2.24) is 4.37 Å². The Hall–Kier alpha value is -3.97. The molecule has 0 fully saturated rings. The second-order valence-electron chi connectivity index (χ2n) is 9.34. The third-order valence-corrected chi connectivity index (χ3v) is 7.70. The number of fused-ring (bicyclic) bond motifs is 3. The number of hydrogen-bond donors (Lipinski definition) is 2. The number of aliphatic carboxylic acids is 1. The summed E-state index contributed by atoms with van der Waals surface area (Å²) in [5.41, 5.74) is 8.93. The highest BCUT2D eigenvalue weighted by atomic mass is 32.1. The number of carboxylic acids is 1. The fourth-order valence-electron chi connectivity index (χ4n) is 4.87.